The zero-order valence-electron chi connectivity index (χ0n) is 14.9. The summed E-state index contributed by atoms with van der Waals surface area (Å²) in [6.45, 7) is 4.07. The molecule has 4 aromatic rings. The number of hydrogen-bond donors (Lipinski definition) is 1. The van der Waals surface area contributed by atoms with Crippen molar-refractivity contribution in [3.8, 4) is 11.4 Å². The molecule has 5 rings (SSSR count). The molecule has 5 heteroatoms. The van der Waals surface area contributed by atoms with Gasteiger partial charge in [0.25, 0.3) is 0 Å². The Hall–Kier alpha value is -2.79. The molecule has 5 nitrogen and oxygen atoms in total. The molecule has 1 aromatic carbocycles. The molecule has 1 fully saturated rings. The van der Waals surface area contributed by atoms with E-state index in [1.54, 1.807) is 6.20 Å². The van der Waals surface area contributed by atoms with E-state index in [9.17, 15) is 5.11 Å². The summed E-state index contributed by atoms with van der Waals surface area (Å²) in [5.41, 5.74) is 5.98. The van der Waals surface area contributed by atoms with Crippen LogP contribution in [0.5, 0.6) is 0 Å². The van der Waals surface area contributed by atoms with Crippen molar-refractivity contribution in [2.45, 2.75) is 38.7 Å². The van der Waals surface area contributed by atoms with E-state index in [0.29, 0.717) is 0 Å². The van der Waals surface area contributed by atoms with Gasteiger partial charge < -0.3 is 5.11 Å². The van der Waals surface area contributed by atoms with Crippen LogP contribution in [0.25, 0.3) is 28.1 Å². The third kappa shape index (κ3) is 2.10. The number of fused-ring (bicyclic) bond motifs is 3. The number of hydrogen-bond acceptors (Lipinski definition) is 4. The van der Waals surface area contributed by atoms with Gasteiger partial charge in [0, 0.05) is 11.8 Å². The van der Waals surface area contributed by atoms with E-state index in [1.165, 1.54) is 0 Å². The molecular formula is C21H20N4O. The van der Waals surface area contributed by atoms with Crippen molar-refractivity contribution in [3.63, 3.8) is 0 Å². The second kappa shape index (κ2) is 5.35. The van der Waals surface area contributed by atoms with Crippen molar-refractivity contribution in [2.75, 3.05) is 0 Å². The SMILES string of the molecule is Cc1ccc(C2(O)CCC2)cc1-c1ncc2c(C)nc3cccnc3n12. The number of nitrogens with zero attached hydrogens (tertiary/aromatic N) is 4. The third-order valence-corrected chi connectivity index (χ3v) is 5.60. The molecule has 0 bridgehead atoms. The second-order valence-electron chi connectivity index (χ2n) is 7.26. The van der Waals surface area contributed by atoms with Gasteiger partial charge in [0.2, 0.25) is 0 Å². The maximum atomic E-state index is 10.8. The first kappa shape index (κ1) is 15.5. The number of pyridine rings is 1. The van der Waals surface area contributed by atoms with Gasteiger partial charge in [0.15, 0.2) is 5.65 Å². The van der Waals surface area contributed by atoms with E-state index < -0.39 is 5.60 Å². The highest BCUT2D eigenvalue weighted by Gasteiger charge is 2.36. The van der Waals surface area contributed by atoms with Gasteiger partial charge in [-0.05, 0) is 62.4 Å². The lowest BCUT2D eigenvalue weighted by Crippen LogP contribution is -2.33. The standard InChI is InChI=1S/C21H20N4O/c1-13-6-7-15(21(26)8-4-9-21)11-16(13)19-23-12-18-14(2)24-17-5-3-10-22-20(17)25(18)19/h3,5-7,10-12,26H,4,8-9H2,1-2H3. The van der Waals surface area contributed by atoms with Gasteiger partial charge in [0.05, 0.1) is 23.0 Å². The van der Waals surface area contributed by atoms with E-state index in [4.69, 9.17) is 4.98 Å². The average Bonchev–Trinajstić information content (AvgIpc) is 3.06. The molecule has 3 aromatic heterocycles. The lowest BCUT2D eigenvalue weighted by Gasteiger charge is -2.37. The lowest BCUT2D eigenvalue weighted by molar-refractivity contribution is -0.0387. The summed E-state index contributed by atoms with van der Waals surface area (Å²) in [6.07, 6.45) is 6.36. The monoisotopic (exact) mass is 344 g/mol. The predicted octanol–water partition coefficient (Wildman–Crippen LogP) is 3.93. The molecule has 3 heterocycles. The Balaban J connectivity index is 1.81. The Labute approximate surface area is 151 Å². The minimum atomic E-state index is -0.687. The summed E-state index contributed by atoms with van der Waals surface area (Å²) >= 11 is 0. The summed E-state index contributed by atoms with van der Waals surface area (Å²) in [4.78, 5) is 13.9. The Morgan fingerprint density at radius 3 is 2.73 bits per heavy atom. The number of benzene rings is 1. The highest BCUT2D eigenvalue weighted by molar-refractivity contribution is 5.80. The summed E-state index contributed by atoms with van der Waals surface area (Å²) in [7, 11) is 0. The topological polar surface area (TPSA) is 63.3 Å². The molecular weight excluding hydrogens is 324 g/mol. The van der Waals surface area contributed by atoms with Crippen molar-refractivity contribution >= 4 is 16.7 Å². The molecule has 0 amide bonds. The van der Waals surface area contributed by atoms with Crippen LogP contribution in [0.4, 0.5) is 0 Å². The van der Waals surface area contributed by atoms with Gasteiger partial charge in [-0.25, -0.2) is 15.0 Å². The van der Waals surface area contributed by atoms with Crippen molar-refractivity contribution in [3.05, 3.63) is 59.5 Å². The van der Waals surface area contributed by atoms with Gasteiger partial charge in [0.1, 0.15) is 11.3 Å². The fourth-order valence-corrected chi connectivity index (χ4v) is 3.85. The van der Waals surface area contributed by atoms with E-state index in [-0.39, 0.29) is 0 Å². The Kier molecular flexibility index (Phi) is 3.18. The molecule has 0 saturated heterocycles. The molecule has 0 spiro atoms. The van der Waals surface area contributed by atoms with Crippen LogP contribution in [0.2, 0.25) is 0 Å². The van der Waals surface area contributed by atoms with Crippen molar-refractivity contribution in [1.82, 2.24) is 19.4 Å². The van der Waals surface area contributed by atoms with Gasteiger partial charge in [-0.15, -0.1) is 0 Å². The van der Waals surface area contributed by atoms with Crippen LogP contribution < -0.4 is 0 Å². The Morgan fingerprint density at radius 2 is 1.96 bits per heavy atom. The number of aryl methyl sites for hydroxylation is 2. The number of aliphatic hydroxyl groups is 1. The molecule has 130 valence electrons. The fourth-order valence-electron chi connectivity index (χ4n) is 3.85. The van der Waals surface area contributed by atoms with Crippen LogP contribution in [0, 0.1) is 13.8 Å². The van der Waals surface area contributed by atoms with Crippen LogP contribution in [-0.4, -0.2) is 24.5 Å². The van der Waals surface area contributed by atoms with Crippen molar-refractivity contribution in [2.24, 2.45) is 0 Å². The van der Waals surface area contributed by atoms with Gasteiger partial charge >= 0.3 is 0 Å². The van der Waals surface area contributed by atoms with Crippen LogP contribution in [0.3, 0.4) is 0 Å². The molecule has 26 heavy (non-hydrogen) atoms. The normalized spacial score (nSPS) is 16.1. The van der Waals surface area contributed by atoms with Gasteiger partial charge in [-0.3, -0.25) is 4.40 Å². The molecule has 1 aliphatic carbocycles. The quantitative estimate of drug-likeness (QED) is 0.598. The Morgan fingerprint density at radius 1 is 1.12 bits per heavy atom. The van der Waals surface area contributed by atoms with Gasteiger partial charge in [-0.1, -0.05) is 12.1 Å². The third-order valence-electron chi connectivity index (χ3n) is 5.60. The summed E-state index contributed by atoms with van der Waals surface area (Å²) in [6, 6.07) is 10.1. The molecule has 0 radical (unpaired) electrons. The lowest BCUT2D eigenvalue weighted by atomic mass is 9.74. The highest BCUT2D eigenvalue weighted by Crippen LogP contribution is 2.42. The van der Waals surface area contributed by atoms with Crippen molar-refractivity contribution < 1.29 is 5.11 Å². The molecule has 0 atom stereocenters. The van der Waals surface area contributed by atoms with E-state index in [1.807, 2.05) is 31.3 Å². The molecule has 0 aliphatic heterocycles. The molecule has 1 N–H and O–H groups in total. The van der Waals surface area contributed by atoms with Crippen LogP contribution in [-0.2, 0) is 5.60 Å². The van der Waals surface area contributed by atoms with E-state index in [0.717, 1.165) is 64.2 Å². The highest BCUT2D eigenvalue weighted by atomic mass is 16.3. The summed E-state index contributed by atoms with van der Waals surface area (Å²) < 4.78 is 2.08. The number of rotatable bonds is 2. The first-order chi connectivity index (χ1) is 12.6. The van der Waals surface area contributed by atoms with Crippen LogP contribution in [0.15, 0.2) is 42.7 Å². The smallest absolute Gasteiger partial charge is 0.164 e. The minimum absolute atomic E-state index is 0.687. The largest absolute Gasteiger partial charge is 0.385 e. The zero-order chi connectivity index (χ0) is 17.9. The maximum absolute atomic E-state index is 10.8. The molecule has 1 saturated carbocycles. The maximum Gasteiger partial charge on any atom is 0.164 e. The second-order valence-corrected chi connectivity index (χ2v) is 7.26. The molecule has 0 unspecified atom stereocenters. The van der Waals surface area contributed by atoms with Crippen molar-refractivity contribution in [1.29, 1.82) is 0 Å². The first-order valence-corrected chi connectivity index (χ1v) is 8.99. The minimum Gasteiger partial charge on any atom is -0.385 e. The fraction of sp³-hybridized carbons (Fsp3) is 0.286. The number of aromatic nitrogens is 4. The van der Waals surface area contributed by atoms with E-state index in [2.05, 4.69) is 33.4 Å². The van der Waals surface area contributed by atoms with Gasteiger partial charge in [-0.2, -0.15) is 0 Å². The molecule has 1 aliphatic rings. The summed E-state index contributed by atoms with van der Waals surface area (Å²) in [5, 5.41) is 10.8. The zero-order valence-corrected chi connectivity index (χ0v) is 14.9. The predicted molar refractivity (Wildman–Crippen MR) is 101 cm³/mol. The first-order valence-electron chi connectivity index (χ1n) is 8.99. The van der Waals surface area contributed by atoms with Crippen LogP contribution in [0.1, 0.15) is 36.1 Å². The summed E-state index contributed by atoms with van der Waals surface area (Å²) in [5.74, 6) is 0.844. The van der Waals surface area contributed by atoms with Crippen LogP contribution >= 0.6 is 0 Å². The average molecular weight is 344 g/mol. The number of imidazole rings is 1. The van der Waals surface area contributed by atoms with E-state index >= 15 is 0 Å². The Bertz CT molecular complexity index is 1160.